The quantitative estimate of drug-likeness (QED) is 0.863. The number of likely N-dealkylation sites (N-methyl/N-ethyl adjacent to an activating group) is 1. The van der Waals surface area contributed by atoms with Gasteiger partial charge in [0.05, 0.1) is 0 Å². The Morgan fingerprint density at radius 2 is 2.06 bits per heavy atom. The van der Waals surface area contributed by atoms with E-state index in [1.54, 1.807) is 0 Å². The maximum absolute atomic E-state index is 3.61. The monoisotopic (exact) mass is 309 g/mol. The van der Waals surface area contributed by atoms with Crippen LogP contribution >= 0.6 is 15.9 Å². The van der Waals surface area contributed by atoms with Gasteiger partial charge in [-0.15, -0.1) is 0 Å². The second-order valence-corrected chi connectivity index (χ2v) is 6.67. The molecule has 1 aromatic rings. The van der Waals surface area contributed by atoms with Crippen molar-refractivity contribution in [2.24, 2.45) is 5.92 Å². The van der Waals surface area contributed by atoms with Gasteiger partial charge in [0.15, 0.2) is 0 Å². The molecule has 0 saturated heterocycles. The molecule has 0 heterocycles. The molecule has 1 N–H and O–H groups in total. The number of hydrogen-bond donors (Lipinski definition) is 1. The maximum atomic E-state index is 3.61. The summed E-state index contributed by atoms with van der Waals surface area (Å²) in [6.07, 6.45) is 5.35. The second-order valence-electron chi connectivity index (χ2n) is 5.75. The van der Waals surface area contributed by atoms with E-state index in [2.05, 4.69) is 59.4 Å². The van der Waals surface area contributed by atoms with Crippen LogP contribution in [0, 0.1) is 5.92 Å². The first kappa shape index (κ1) is 14.1. The molecule has 1 saturated carbocycles. The molecule has 1 aliphatic rings. The Kier molecular flexibility index (Phi) is 4.85. The third-order valence-electron chi connectivity index (χ3n) is 4.38. The fraction of sp³-hybridized carbons (Fsp3) is 0.625. The Labute approximate surface area is 119 Å². The highest BCUT2D eigenvalue weighted by Gasteiger charge is 2.35. The number of hydrogen-bond acceptors (Lipinski definition) is 1. The summed E-state index contributed by atoms with van der Waals surface area (Å²) in [5, 5.41) is 3.58. The van der Waals surface area contributed by atoms with Crippen molar-refractivity contribution in [3.05, 3.63) is 34.3 Å². The van der Waals surface area contributed by atoms with E-state index in [0.29, 0.717) is 5.41 Å². The van der Waals surface area contributed by atoms with Crippen molar-refractivity contribution >= 4 is 15.9 Å². The minimum Gasteiger partial charge on any atom is -0.316 e. The van der Waals surface area contributed by atoms with Gasteiger partial charge in [0.1, 0.15) is 0 Å². The third-order valence-corrected chi connectivity index (χ3v) is 4.88. The van der Waals surface area contributed by atoms with Gasteiger partial charge in [-0.3, -0.25) is 0 Å². The Morgan fingerprint density at radius 1 is 1.33 bits per heavy atom. The molecule has 0 radical (unpaired) electrons. The van der Waals surface area contributed by atoms with Crippen LogP contribution in [-0.2, 0) is 5.41 Å². The van der Waals surface area contributed by atoms with Crippen LogP contribution in [0.3, 0.4) is 0 Å². The molecule has 100 valence electrons. The standard InChI is InChI=1S/C16H24BrN/c1-3-18-12-16(9-7-13(2)8-10-16)14-5-4-6-15(17)11-14/h4-6,11,13,18H,3,7-10,12H2,1-2H3. The van der Waals surface area contributed by atoms with Crippen LogP contribution in [0.4, 0.5) is 0 Å². The summed E-state index contributed by atoms with van der Waals surface area (Å²) in [6, 6.07) is 8.91. The summed E-state index contributed by atoms with van der Waals surface area (Å²) in [5.41, 5.74) is 1.86. The highest BCUT2D eigenvalue weighted by Crippen LogP contribution is 2.41. The van der Waals surface area contributed by atoms with E-state index < -0.39 is 0 Å². The molecule has 1 aromatic carbocycles. The lowest BCUT2D eigenvalue weighted by Crippen LogP contribution is -2.41. The van der Waals surface area contributed by atoms with Crippen LogP contribution < -0.4 is 5.32 Å². The Hall–Kier alpha value is -0.340. The molecule has 1 fully saturated rings. The maximum Gasteiger partial charge on any atom is 0.0178 e. The number of nitrogens with one attached hydrogen (secondary N) is 1. The molecule has 1 aliphatic carbocycles. The first-order valence-corrected chi connectivity index (χ1v) is 7.92. The first-order valence-electron chi connectivity index (χ1n) is 7.13. The molecular formula is C16H24BrN. The van der Waals surface area contributed by atoms with Gasteiger partial charge in [0.25, 0.3) is 0 Å². The Morgan fingerprint density at radius 3 is 2.67 bits per heavy atom. The van der Waals surface area contributed by atoms with Crippen LogP contribution in [0.2, 0.25) is 0 Å². The van der Waals surface area contributed by atoms with Crippen molar-refractivity contribution in [2.45, 2.75) is 44.9 Å². The van der Waals surface area contributed by atoms with E-state index in [1.807, 2.05) is 0 Å². The van der Waals surface area contributed by atoms with Gasteiger partial charge in [-0.25, -0.2) is 0 Å². The Balaban J connectivity index is 2.24. The normalized spacial score (nSPS) is 28.3. The predicted molar refractivity (Wildman–Crippen MR) is 82.0 cm³/mol. The molecule has 0 aliphatic heterocycles. The van der Waals surface area contributed by atoms with Gasteiger partial charge < -0.3 is 5.32 Å². The van der Waals surface area contributed by atoms with Gasteiger partial charge >= 0.3 is 0 Å². The highest BCUT2D eigenvalue weighted by atomic mass is 79.9. The molecule has 0 aromatic heterocycles. The van der Waals surface area contributed by atoms with Crippen molar-refractivity contribution in [1.29, 1.82) is 0 Å². The summed E-state index contributed by atoms with van der Waals surface area (Å²) in [6.45, 7) is 6.76. The molecule has 0 bridgehead atoms. The van der Waals surface area contributed by atoms with Crippen LogP contribution in [0.5, 0.6) is 0 Å². The minimum absolute atomic E-state index is 0.353. The summed E-state index contributed by atoms with van der Waals surface area (Å²) >= 11 is 3.61. The second kappa shape index (κ2) is 6.21. The zero-order chi connectivity index (χ0) is 13.0. The lowest BCUT2D eigenvalue weighted by molar-refractivity contribution is 0.234. The molecular weight excluding hydrogens is 286 g/mol. The summed E-state index contributed by atoms with van der Waals surface area (Å²) in [4.78, 5) is 0. The van der Waals surface area contributed by atoms with Crippen LogP contribution in [0.1, 0.15) is 45.1 Å². The first-order chi connectivity index (χ1) is 8.66. The van der Waals surface area contributed by atoms with E-state index in [9.17, 15) is 0 Å². The van der Waals surface area contributed by atoms with E-state index >= 15 is 0 Å². The van der Waals surface area contributed by atoms with Gasteiger partial charge in [0.2, 0.25) is 0 Å². The average molecular weight is 310 g/mol. The zero-order valence-electron chi connectivity index (χ0n) is 11.5. The average Bonchev–Trinajstić information content (AvgIpc) is 2.39. The van der Waals surface area contributed by atoms with Crippen LogP contribution in [0.25, 0.3) is 0 Å². The molecule has 0 atom stereocenters. The zero-order valence-corrected chi connectivity index (χ0v) is 13.1. The molecule has 0 amide bonds. The third kappa shape index (κ3) is 3.16. The minimum atomic E-state index is 0.353. The van der Waals surface area contributed by atoms with Crippen molar-refractivity contribution in [3.8, 4) is 0 Å². The van der Waals surface area contributed by atoms with Crippen molar-refractivity contribution in [3.63, 3.8) is 0 Å². The van der Waals surface area contributed by atoms with E-state index in [-0.39, 0.29) is 0 Å². The number of rotatable bonds is 4. The highest BCUT2D eigenvalue weighted by molar-refractivity contribution is 9.10. The summed E-state index contributed by atoms with van der Waals surface area (Å²) in [5.74, 6) is 0.895. The molecule has 2 heteroatoms. The number of halogens is 1. The lowest BCUT2D eigenvalue weighted by atomic mass is 9.67. The lowest BCUT2D eigenvalue weighted by Gasteiger charge is -2.40. The molecule has 0 spiro atoms. The molecule has 2 rings (SSSR count). The van der Waals surface area contributed by atoms with Gasteiger partial charge in [0, 0.05) is 16.4 Å². The van der Waals surface area contributed by atoms with Crippen molar-refractivity contribution < 1.29 is 0 Å². The predicted octanol–water partition coefficient (Wildman–Crippen LogP) is 4.51. The SMILES string of the molecule is CCNCC1(c2cccc(Br)c2)CCC(C)CC1. The fourth-order valence-electron chi connectivity index (χ4n) is 3.06. The molecule has 1 nitrogen and oxygen atoms in total. The largest absolute Gasteiger partial charge is 0.316 e. The van der Waals surface area contributed by atoms with Gasteiger partial charge in [-0.1, -0.05) is 41.9 Å². The summed E-state index contributed by atoms with van der Waals surface area (Å²) in [7, 11) is 0. The molecule has 18 heavy (non-hydrogen) atoms. The van der Waals surface area contributed by atoms with Crippen molar-refractivity contribution in [1.82, 2.24) is 5.32 Å². The van der Waals surface area contributed by atoms with Gasteiger partial charge in [-0.2, -0.15) is 0 Å². The van der Waals surface area contributed by atoms with Crippen molar-refractivity contribution in [2.75, 3.05) is 13.1 Å². The van der Waals surface area contributed by atoms with Crippen LogP contribution in [-0.4, -0.2) is 13.1 Å². The van der Waals surface area contributed by atoms with Gasteiger partial charge in [-0.05, 0) is 55.8 Å². The topological polar surface area (TPSA) is 12.0 Å². The van der Waals surface area contributed by atoms with Crippen LogP contribution in [0.15, 0.2) is 28.7 Å². The van der Waals surface area contributed by atoms with E-state index in [4.69, 9.17) is 0 Å². The van der Waals surface area contributed by atoms with E-state index in [1.165, 1.54) is 35.7 Å². The smallest absolute Gasteiger partial charge is 0.0178 e. The number of benzene rings is 1. The summed E-state index contributed by atoms with van der Waals surface area (Å²) < 4.78 is 1.20. The van der Waals surface area contributed by atoms with E-state index in [0.717, 1.165) is 19.0 Å². The fourth-order valence-corrected chi connectivity index (χ4v) is 3.46. The molecule has 0 unspecified atom stereocenters. The Bertz CT molecular complexity index is 375.